The van der Waals surface area contributed by atoms with Crippen molar-refractivity contribution in [3.05, 3.63) is 0 Å². The van der Waals surface area contributed by atoms with Crippen molar-refractivity contribution in [1.82, 2.24) is 20.9 Å². The van der Waals surface area contributed by atoms with Gasteiger partial charge in [-0.3, -0.25) is 4.79 Å². The molecular weight excluding hydrogens is 276 g/mol. The van der Waals surface area contributed by atoms with Gasteiger partial charge in [0.2, 0.25) is 0 Å². The van der Waals surface area contributed by atoms with Crippen molar-refractivity contribution in [2.45, 2.75) is 25.4 Å². The lowest BCUT2D eigenvalue weighted by Crippen LogP contribution is -2.47. The number of hydrogen-bond acceptors (Lipinski definition) is 5. The number of amides is 2. The number of rotatable bonds is 8. The smallest absolute Gasteiger partial charge is 0.314 e. The highest BCUT2D eigenvalue weighted by Crippen LogP contribution is 2.06. The summed E-state index contributed by atoms with van der Waals surface area (Å²) < 4.78 is 0. The molecule has 1 aliphatic rings. The molecule has 0 aromatic carbocycles. The van der Waals surface area contributed by atoms with Gasteiger partial charge >= 0.3 is 12.0 Å². The van der Waals surface area contributed by atoms with Crippen LogP contribution in [0.4, 0.5) is 4.79 Å². The second-order valence-electron chi connectivity index (χ2n) is 5.62. The van der Waals surface area contributed by atoms with Gasteiger partial charge in [-0.25, -0.2) is 4.79 Å². The number of aliphatic hydroxyl groups is 1. The number of carbonyl (C=O) groups excluding carboxylic acids is 1. The molecule has 0 aliphatic carbocycles. The first kappa shape index (κ1) is 17.7. The largest absolute Gasteiger partial charge is 0.481 e. The van der Waals surface area contributed by atoms with Crippen LogP contribution in [-0.4, -0.2) is 78.5 Å². The van der Waals surface area contributed by atoms with Gasteiger partial charge in [0.25, 0.3) is 0 Å². The Morgan fingerprint density at radius 2 is 1.95 bits per heavy atom. The quantitative estimate of drug-likeness (QED) is 0.360. The fourth-order valence-corrected chi connectivity index (χ4v) is 2.16. The average Bonchev–Trinajstić information content (AvgIpc) is 2.41. The maximum Gasteiger partial charge on any atom is 0.314 e. The number of aliphatic carboxylic acids is 1. The normalized spacial score (nSPS) is 18.8. The fourth-order valence-electron chi connectivity index (χ4n) is 2.16. The van der Waals surface area contributed by atoms with E-state index < -0.39 is 18.0 Å². The highest BCUT2D eigenvalue weighted by molar-refractivity contribution is 5.74. The van der Waals surface area contributed by atoms with Crippen molar-refractivity contribution in [2.24, 2.45) is 0 Å². The van der Waals surface area contributed by atoms with Crippen LogP contribution in [-0.2, 0) is 4.79 Å². The van der Waals surface area contributed by atoms with Gasteiger partial charge in [0.15, 0.2) is 0 Å². The molecule has 0 saturated carbocycles. The monoisotopic (exact) mass is 302 g/mol. The van der Waals surface area contributed by atoms with Crippen molar-refractivity contribution >= 4 is 12.0 Å². The second kappa shape index (κ2) is 8.81. The summed E-state index contributed by atoms with van der Waals surface area (Å²) in [5.74, 6) is -1.10. The fraction of sp³-hybridized carbons (Fsp3) is 0.846. The summed E-state index contributed by atoms with van der Waals surface area (Å²) in [5, 5.41) is 26.8. The van der Waals surface area contributed by atoms with Crippen LogP contribution in [0.1, 0.15) is 19.8 Å². The first-order valence-corrected chi connectivity index (χ1v) is 7.28. The molecule has 0 bridgehead atoms. The lowest BCUT2D eigenvalue weighted by atomic mass is 10.0. The molecule has 1 rings (SSSR count). The maximum atomic E-state index is 11.5. The maximum absolute atomic E-state index is 11.5. The predicted octanol–water partition coefficient (Wildman–Crippen LogP) is -1.19. The molecular formula is C13H26N4O4. The summed E-state index contributed by atoms with van der Waals surface area (Å²) >= 11 is 0. The summed E-state index contributed by atoms with van der Waals surface area (Å²) in [5.41, 5.74) is -1.44. The first-order chi connectivity index (χ1) is 9.89. The Kier molecular flexibility index (Phi) is 7.41. The molecule has 1 unspecified atom stereocenters. The van der Waals surface area contributed by atoms with Crippen molar-refractivity contribution in [1.29, 1.82) is 0 Å². The van der Waals surface area contributed by atoms with E-state index in [1.165, 1.54) is 6.92 Å². The molecule has 2 amide bonds. The number of carboxylic acids is 1. The van der Waals surface area contributed by atoms with Crippen LogP contribution >= 0.6 is 0 Å². The van der Waals surface area contributed by atoms with Crippen LogP contribution in [0.2, 0.25) is 0 Å². The van der Waals surface area contributed by atoms with E-state index in [0.717, 1.165) is 39.1 Å². The number of piperazine rings is 1. The third kappa shape index (κ3) is 8.49. The van der Waals surface area contributed by atoms with Crippen LogP contribution in [0.15, 0.2) is 0 Å². The number of carbonyl (C=O) groups is 2. The van der Waals surface area contributed by atoms with E-state index >= 15 is 0 Å². The Labute approximate surface area is 124 Å². The third-order valence-electron chi connectivity index (χ3n) is 3.31. The number of nitrogens with zero attached hydrogens (tertiary/aromatic N) is 1. The van der Waals surface area contributed by atoms with Crippen LogP contribution in [0.3, 0.4) is 0 Å². The standard InChI is InChI=1S/C13H26N4O4/c1-13(21,9-11(18)19)10-16-12(20)15-3-2-6-17-7-4-14-5-8-17/h14,21H,2-10H2,1H3,(H,18,19)(H2,15,16,20). The average molecular weight is 302 g/mol. The molecule has 5 N–H and O–H groups in total. The molecule has 1 fully saturated rings. The van der Waals surface area contributed by atoms with Crippen molar-refractivity contribution in [3.8, 4) is 0 Å². The zero-order valence-corrected chi connectivity index (χ0v) is 12.5. The Bertz CT molecular complexity index is 343. The van der Waals surface area contributed by atoms with E-state index in [2.05, 4.69) is 20.9 Å². The highest BCUT2D eigenvalue weighted by Gasteiger charge is 2.24. The van der Waals surface area contributed by atoms with E-state index in [1.807, 2.05) is 0 Å². The minimum Gasteiger partial charge on any atom is -0.481 e. The lowest BCUT2D eigenvalue weighted by Gasteiger charge is -2.27. The highest BCUT2D eigenvalue weighted by atomic mass is 16.4. The number of hydrogen-bond donors (Lipinski definition) is 5. The summed E-state index contributed by atoms with van der Waals surface area (Å²) in [6.45, 7) is 6.86. The summed E-state index contributed by atoms with van der Waals surface area (Å²) in [7, 11) is 0. The molecule has 0 aromatic rings. The molecule has 1 heterocycles. The molecule has 1 atom stereocenters. The van der Waals surface area contributed by atoms with E-state index in [4.69, 9.17) is 5.11 Å². The second-order valence-corrected chi connectivity index (χ2v) is 5.62. The van der Waals surface area contributed by atoms with Gasteiger partial charge in [-0.2, -0.15) is 0 Å². The zero-order valence-electron chi connectivity index (χ0n) is 12.5. The van der Waals surface area contributed by atoms with Gasteiger partial charge < -0.3 is 31.1 Å². The first-order valence-electron chi connectivity index (χ1n) is 7.28. The molecule has 0 radical (unpaired) electrons. The van der Waals surface area contributed by atoms with E-state index in [9.17, 15) is 14.7 Å². The molecule has 8 heteroatoms. The summed E-state index contributed by atoms with van der Waals surface area (Å²) in [6.07, 6.45) is 0.454. The number of nitrogens with one attached hydrogen (secondary N) is 3. The van der Waals surface area contributed by atoms with Gasteiger partial charge in [0.1, 0.15) is 0 Å². The number of carboxylic acid groups (broad SMARTS) is 1. The minimum absolute atomic E-state index is 0.0943. The molecule has 122 valence electrons. The summed E-state index contributed by atoms with van der Waals surface area (Å²) in [4.78, 5) is 24.4. The van der Waals surface area contributed by atoms with Crippen molar-refractivity contribution < 1.29 is 19.8 Å². The topological polar surface area (TPSA) is 114 Å². The van der Waals surface area contributed by atoms with Crippen LogP contribution in [0.25, 0.3) is 0 Å². The van der Waals surface area contributed by atoms with Gasteiger partial charge in [0, 0.05) is 39.3 Å². The molecule has 1 saturated heterocycles. The summed E-state index contributed by atoms with van der Waals surface area (Å²) in [6, 6.07) is -0.388. The Morgan fingerprint density at radius 3 is 2.57 bits per heavy atom. The van der Waals surface area contributed by atoms with Crippen molar-refractivity contribution in [2.75, 3.05) is 45.8 Å². The zero-order chi connectivity index (χ0) is 15.7. The van der Waals surface area contributed by atoms with E-state index in [1.54, 1.807) is 0 Å². The minimum atomic E-state index is -1.44. The predicted molar refractivity (Wildman–Crippen MR) is 78.2 cm³/mol. The van der Waals surface area contributed by atoms with Gasteiger partial charge in [-0.05, 0) is 19.9 Å². The van der Waals surface area contributed by atoms with Gasteiger partial charge in [0.05, 0.1) is 12.0 Å². The molecule has 1 aliphatic heterocycles. The molecule has 0 spiro atoms. The third-order valence-corrected chi connectivity index (χ3v) is 3.31. The lowest BCUT2D eigenvalue weighted by molar-refractivity contribution is -0.141. The number of urea groups is 1. The molecule has 8 nitrogen and oxygen atoms in total. The molecule has 0 aromatic heterocycles. The van der Waals surface area contributed by atoms with Crippen molar-refractivity contribution in [3.63, 3.8) is 0 Å². The van der Waals surface area contributed by atoms with E-state index in [0.29, 0.717) is 6.54 Å². The van der Waals surface area contributed by atoms with Crippen LogP contribution in [0, 0.1) is 0 Å². The van der Waals surface area contributed by atoms with Crippen LogP contribution < -0.4 is 16.0 Å². The van der Waals surface area contributed by atoms with E-state index in [-0.39, 0.29) is 12.6 Å². The SMILES string of the molecule is CC(O)(CNC(=O)NCCCN1CCNCC1)CC(=O)O. The Hall–Kier alpha value is -1.38. The Balaban J connectivity index is 2.06. The van der Waals surface area contributed by atoms with Crippen LogP contribution in [0.5, 0.6) is 0 Å². The van der Waals surface area contributed by atoms with Gasteiger partial charge in [-0.15, -0.1) is 0 Å². The van der Waals surface area contributed by atoms with Gasteiger partial charge in [-0.1, -0.05) is 0 Å². The Morgan fingerprint density at radius 1 is 1.29 bits per heavy atom. The molecule has 21 heavy (non-hydrogen) atoms.